The molecular formula is C18H20BrN5O4S. The molecule has 0 bridgehead atoms. The minimum absolute atomic E-state index is 0.0534. The zero-order valence-electron chi connectivity index (χ0n) is 15.5. The Bertz CT molecular complexity index is 1170. The monoisotopic (exact) mass is 481 g/mol. The SMILES string of the molecule is NS(=O)(=NC(=O)Nc1c2c(c(Br)c3c1CC3)CCC2)c1cnn2c1OC[C@@H]2CO. The molecule has 154 valence electrons. The molecule has 0 saturated heterocycles. The maximum Gasteiger partial charge on any atom is 0.354 e. The van der Waals surface area contributed by atoms with Crippen LogP contribution in [0.15, 0.2) is 19.9 Å². The predicted molar refractivity (Wildman–Crippen MR) is 109 cm³/mol. The Morgan fingerprint density at radius 3 is 2.76 bits per heavy atom. The number of aromatic nitrogens is 2. The van der Waals surface area contributed by atoms with Gasteiger partial charge in [-0.15, -0.1) is 4.36 Å². The highest BCUT2D eigenvalue weighted by Gasteiger charge is 2.32. The summed E-state index contributed by atoms with van der Waals surface area (Å²) >= 11 is 3.70. The Morgan fingerprint density at radius 2 is 2.03 bits per heavy atom. The van der Waals surface area contributed by atoms with Gasteiger partial charge in [0.15, 0.2) is 9.92 Å². The third kappa shape index (κ3) is 2.90. The van der Waals surface area contributed by atoms with Crippen molar-refractivity contribution in [1.82, 2.24) is 9.78 Å². The lowest BCUT2D eigenvalue weighted by Gasteiger charge is -2.27. The van der Waals surface area contributed by atoms with E-state index in [1.807, 2.05) is 0 Å². The molecular weight excluding hydrogens is 462 g/mol. The first-order chi connectivity index (χ1) is 13.9. The molecule has 0 fully saturated rings. The number of nitrogens with zero attached hydrogens (tertiary/aromatic N) is 3. The fourth-order valence-corrected chi connectivity index (χ4v) is 6.15. The first-order valence-corrected chi connectivity index (χ1v) is 11.8. The van der Waals surface area contributed by atoms with Crippen LogP contribution in [0.25, 0.3) is 0 Å². The van der Waals surface area contributed by atoms with Gasteiger partial charge in [-0.1, -0.05) is 15.9 Å². The van der Waals surface area contributed by atoms with E-state index < -0.39 is 15.9 Å². The van der Waals surface area contributed by atoms with Crippen LogP contribution >= 0.6 is 15.9 Å². The van der Waals surface area contributed by atoms with Gasteiger partial charge in [-0.3, -0.25) is 0 Å². The molecule has 4 N–H and O–H groups in total. The van der Waals surface area contributed by atoms with E-state index in [-0.39, 0.29) is 30.0 Å². The zero-order valence-corrected chi connectivity index (χ0v) is 17.9. The molecule has 2 amide bonds. The Morgan fingerprint density at radius 1 is 1.34 bits per heavy atom. The molecule has 29 heavy (non-hydrogen) atoms. The molecule has 2 atom stereocenters. The summed E-state index contributed by atoms with van der Waals surface area (Å²) in [4.78, 5) is 12.7. The number of hydrogen-bond donors (Lipinski definition) is 3. The largest absolute Gasteiger partial charge is 0.475 e. The summed E-state index contributed by atoms with van der Waals surface area (Å²) < 4.78 is 24.8. The lowest BCUT2D eigenvalue weighted by molar-refractivity contribution is 0.206. The number of urea groups is 1. The summed E-state index contributed by atoms with van der Waals surface area (Å²) in [7, 11) is -3.56. The molecule has 1 aromatic heterocycles. The minimum Gasteiger partial charge on any atom is -0.475 e. The number of carbonyl (C=O) groups is 1. The van der Waals surface area contributed by atoms with Gasteiger partial charge in [-0.2, -0.15) is 5.10 Å². The summed E-state index contributed by atoms with van der Waals surface area (Å²) in [5.74, 6) is 0.182. The summed E-state index contributed by atoms with van der Waals surface area (Å²) in [5.41, 5.74) is 5.51. The molecule has 1 unspecified atom stereocenters. The standard InChI is InChI=1S/C18H20BrN5O4S/c19-15-10-2-1-3-12(10)16(13-5-4-11(13)15)22-18(26)23-29(20,27)14-6-21-24-9(7-25)8-28-17(14)24/h6,9,25H,1-5,7-8H2,(H3,20,22,23,26,27)/t9-,29?/m0/s1. The number of aliphatic hydroxyl groups excluding tert-OH is 1. The van der Waals surface area contributed by atoms with E-state index in [1.165, 1.54) is 22.0 Å². The van der Waals surface area contributed by atoms with Crippen molar-refractivity contribution in [3.05, 3.63) is 32.9 Å². The van der Waals surface area contributed by atoms with Crippen molar-refractivity contribution in [2.75, 3.05) is 18.5 Å². The van der Waals surface area contributed by atoms with E-state index in [4.69, 9.17) is 9.88 Å². The third-order valence-corrected chi connectivity index (χ3v) is 8.10. The van der Waals surface area contributed by atoms with E-state index in [0.29, 0.717) is 0 Å². The van der Waals surface area contributed by atoms with E-state index in [2.05, 4.69) is 30.7 Å². The van der Waals surface area contributed by atoms with Gasteiger partial charge in [0.25, 0.3) is 0 Å². The predicted octanol–water partition coefficient (Wildman–Crippen LogP) is 2.09. The normalized spacial score (nSPS) is 20.7. The van der Waals surface area contributed by atoms with E-state index in [1.54, 1.807) is 0 Å². The van der Waals surface area contributed by atoms with Crippen LogP contribution in [0.4, 0.5) is 10.5 Å². The van der Waals surface area contributed by atoms with Gasteiger partial charge >= 0.3 is 6.03 Å². The molecule has 9 nitrogen and oxygen atoms in total. The molecule has 1 aromatic carbocycles. The van der Waals surface area contributed by atoms with Crippen LogP contribution in [0, 0.1) is 0 Å². The average Bonchev–Trinajstić information content (AvgIpc) is 3.34. The zero-order chi connectivity index (χ0) is 20.3. The second-order valence-corrected chi connectivity index (χ2v) is 10.0. The van der Waals surface area contributed by atoms with Gasteiger partial charge in [-0.25, -0.2) is 18.8 Å². The molecule has 2 aliphatic carbocycles. The molecule has 0 spiro atoms. The van der Waals surface area contributed by atoms with Crippen LogP contribution < -0.4 is 15.2 Å². The van der Waals surface area contributed by atoms with Crippen molar-refractivity contribution >= 4 is 37.6 Å². The first-order valence-electron chi connectivity index (χ1n) is 9.42. The quantitative estimate of drug-likeness (QED) is 0.617. The smallest absolute Gasteiger partial charge is 0.354 e. The van der Waals surface area contributed by atoms with Crippen molar-refractivity contribution < 1.29 is 18.8 Å². The van der Waals surface area contributed by atoms with Gasteiger partial charge in [0.05, 0.1) is 12.8 Å². The van der Waals surface area contributed by atoms with E-state index in [0.717, 1.165) is 53.4 Å². The van der Waals surface area contributed by atoms with Crippen LogP contribution in [0.1, 0.15) is 34.7 Å². The summed E-state index contributed by atoms with van der Waals surface area (Å²) in [5, 5.41) is 22.2. The van der Waals surface area contributed by atoms with Crippen molar-refractivity contribution in [1.29, 1.82) is 0 Å². The number of carbonyl (C=O) groups excluding carboxylic acids is 1. The number of amides is 2. The fourth-order valence-electron chi connectivity index (χ4n) is 4.28. The molecule has 3 aliphatic rings. The average molecular weight is 482 g/mol. The molecule has 2 heterocycles. The highest BCUT2D eigenvalue weighted by molar-refractivity contribution is 9.10. The number of nitrogens with two attached hydrogens (primary N) is 1. The summed E-state index contributed by atoms with van der Waals surface area (Å²) in [6, 6.07) is -1.12. The topological polar surface area (TPSA) is 132 Å². The Kier molecular flexibility index (Phi) is 4.46. The Hall–Kier alpha value is -1.95. The number of nitrogens with one attached hydrogen (secondary N) is 1. The van der Waals surface area contributed by atoms with Crippen LogP contribution in [-0.2, 0) is 35.6 Å². The van der Waals surface area contributed by atoms with Crippen LogP contribution in [0.5, 0.6) is 5.88 Å². The number of ether oxygens (including phenoxy) is 1. The number of aliphatic hydroxyl groups is 1. The summed E-state index contributed by atoms with van der Waals surface area (Å²) in [6.45, 7) is 0.0306. The van der Waals surface area contributed by atoms with E-state index >= 15 is 0 Å². The Balaban J connectivity index is 1.48. The molecule has 0 saturated carbocycles. The number of rotatable bonds is 3. The highest BCUT2D eigenvalue weighted by atomic mass is 79.9. The maximum absolute atomic E-state index is 13.0. The first kappa shape index (κ1) is 19.0. The van der Waals surface area contributed by atoms with Crippen molar-refractivity contribution in [3.63, 3.8) is 0 Å². The minimum atomic E-state index is -3.56. The number of halogens is 1. The Labute approximate surface area is 176 Å². The van der Waals surface area contributed by atoms with Crippen molar-refractivity contribution in [2.45, 2.75) is 43.0 Å². The molecule has 11 heteroatoms. The van der Waals surface area contributed by atoms with Crippen molar-refractivity contribution in [3.8, 4) is 5.88 Å². The molecule has 2 aromatic rings. The second kappa shape index (κ2) is 6.79. The van der Waals surface area contributed by atoms with Gasteiger partial charge in [0.2, 0.25) is 5.88 Å². The van der Waals surface area contributed by atoms with Gasteiger partial charge in [0.1, 0.15) is 17.5 Å². The summed E-state index contributed by atoms with van der Waals surface area (Å²) in [6.07, 6.45) is 6.05. The lowest BCUT2D eigenvalue weighted by atomic mass is 9.83. The number of benzene rings is 1. The van der Waals surface area contributed by atoms with Gasteiger partial charge < -0.3 is 15.2 Å². The van der Waals surface area contributed by atoms with Gasteiger partial charge in [0, 0.05) is 10.2 Å². The number of fused-ring (bicyclic) bond motifs is 3. The van der Waals surface area contributed by atoms with Crippen LogP contribution in [-0.4, -0.2) is 38.3 Å². The van der Waals surface area contributed by atoms with Crippen molar-refractivity contribution in [2.24, 2.45) is 9.50 Å². The maximum atomic E-state index is 13.0. The molecule has 5 rings (SSSR count). The second-order valence-electron chi connectivity index (χ2n) is 7.45. The van der Waals surface area contributed by atoms with Crippen LogP contribution in [0.2, 0.25) is 0 Å². The lowest BCUT2D eigenvalue weighted by Crippen LogP contribution is -2.21. The number of hydrogen-bond acceptors (Lipinski definition) is 5. The number of anilines is 1. The van der Waals surface area contributed by atoms with Gasteiger partial charge in [-0.05, 0) is 54.4 Å². The molecule has 0 radical (unpaired) electrons. The molecule has 1 aliphatic heterocycles. The van der Waals surface area contributed by atoms with Crippen LogP contribution in [0.3, 0.4) is 0 Å². The fraction of sp³-hybridized carbons (Fsp3) is 0.444. The van der Waals surface area contributed by atoms with E-state index in [9.17, 15) is 14.1 Å². The highest BCUT2D eigenvalue weighted by Crippen LogP contribution is 2.45. The third-order valence-electron chi connectivity index (χ3n) is 5.79.